The number of carbonyl (C=O) groups excluding carboxylic acids is 3. The van der Waals surface area contributed by atoms with Crippen molar-refractivity contribution in [1.82, 2.24) is 9.71 Å². The fourth-order valence-electron chi connectivity index (χ4n) is 3.44. The third-order valence-electron chi connectivity index (χ3n) is 4.98. The molecule has 0 unspecified atom stereocenters. The van der Waals surface area contributed by atoms with Gasteiger partial charge < -0.3 is 21.2 Å². The Morgan fingerprint density at radius 2 is 1.65 bits per heavy atom. The molecule has 0 aliphatic carbocycles. The Kier molecular flexibility index (Phi) is 6.72. The number of amides is 3. The van der Waals surface area contributed by atoms with Crippen LogP contribution in [0.15, 0.2) is 60.9 Å². The van der Waals surface area contributed by atoms with Gasteiger partial charge in [-0.25, -0.2) is 14.0 Å². The molecule has 3 amide bonds. The molecular formula is C23H14ClF4N5O4. The molecule has 0 saturated heterocycles. The van der Waals surface area contributed by atoms with Crippen LogP contribution < -0.4 is 21.2 Å². The third kappa shape index (κ3) is 5.30. The number of urea groups is 1. The number of pyridine rings is 1. The van der Waals surface area contributed by atoms with Crippen LogP contribution in [-0.2, 0) is 4.79 Å². The van der Waals surface area contributed by atoms with E-state index in [4.69, 9.17) is 17.3 Å². The van der Waals surface area contributed by atoms with Gasteiger partial charge >= 0.3 is 18.2 Å². The molecule has 0 spiro atoms. The number of carbonyl (C=O) groups is 3. The first-order valence-corrected chi connectivity index (χ1v) is 10.5. The normalized spacial score (nSPS) is 11.3. The summed E-state index contributed by atoms with van der Waals surface area (Å²) in [7, 11) is 0. The molecular weight excluding hydrogens is 522 g/mol. The van der Waals surface area contributed by atoms with E-state index >= 15 is 0 Å². The number of fused-ring (bicyclic) bond motifs is 1. The number of nitrogens with one attached hydrogen (secondary N) is 2. The number of rotatable bonds is 5. The SMILES string of the molecule is NC(=O)c1c(-c2ccc(NC(=O)Nc3ccc(F)c(Cl)c3)cc2)c2ccncc2n1OC(=O)C(F)(F)F. The van der Waals surface area contributed by atoms with E-state index in [0.717, 1.165) is 12.3 Å². The summed E-state index contributed by atoms with van der Waals surface area (Å²) in [5, 5.41) is 5.06. The van der Waals surface area contributed by atoms with Crippen molar-refractivity contribution in [2.45, 2.75) is 6.18 Å². The second-order valence-corrected chi connectivity index (χ2v) is 7.84. The first kappa shape index (κ1) is 25.4. The monoisotopic (exact) mass is 535 g/mol. The molecule has 0 aliphatic heterocycles. The first-order valence-electron chi connectivity index (χ1n) is 10.2. The van der Waals surface area contributed by atoms with E-state index in [0.29, 0.717) is 16.0 Å². The molecule has 37 heavy (non-hydrogen) atoms. The topological polar surface area (TPSA) is 128 Å². The molecule has 9 nitrogen and oxygen atoms in total. The molecule has 2 heterocycles. The molecule has 0 bridgehead atoms. The Balaban J connectivity index is 1.66. The Labute approximate surface area is 209 Å². The lowest BCUT2D eigenvalue weighted by atomic mass is 10.0. The maximum Gasteiger partial charge on any atom is 0.493 e. The first-order chi connectivity index (χ1) is 17.5. The minimum Gasteiger partial charge on any atom is -0.364 e. The van der Waals surface area contributed by atoms with Gasteiger partial charge in [-0.1, -0.05) is 23.7 Å². The van der Waals surface area contributed by atoms with Gasteiger partial charge in [-0.3, -0.25) is 9.78 Å². The largest absolute Gasteiger partial charge is 0.493 e. The maximum absolute atomic E-state index is 13.3. The fraction of sp³-hybridized carbons (Fsp3) is 0.0435. The zero-order valence-electron chi connectivity index (χ0n) is 18.3. The molecule has 2 aromatic heterocycles. The summed E-state index contributed by atoms with van der Waals surface area (Å²) >= 11 is 5.69. The molecule has 4 aromatic rings. The average molecular weight is 536 g/mol. The highest BCUT2D eigenvalue weighted by Crippen LogP contribution is 2.35. The predicted octanol–water partition coefficient (Wildman–Crippen LogP) is 4.76. The van der Waals surface area contributed by atoms with Crippen molar-refractivity contribution in [2.75, 3.05) is 10.6 Å². The van der Waals surface area contributed by atoms with Gasteiger partial charge in [0.05, 0.1) is 11.2 Å². The van der Waals surface area contributed by atoms with Crippen molar-refractivity contribution in [3.05, 3.63) is 77.5 Å². The summed E-state index contributed by atoms with van der Waals surface area (Å²) in [5.74, 6) is -4.38. The highest BCUT2D eigenvalue weighted by Gasteiger charge is 2.43. The lowest BCUT2D eigenvalue weighted by Gasteiger charge is -2.11. The van der Waals surface area contributed by atoms with Gasteiger partial charge in [-0.2, -0.15) is 17.9 Å². The van der Waals surface area contributed by atoms with E-state index in [1.807, 2.05) is 0 Å². The summed E-state index contributed by atoms with van der Waals surface area (Å²) < 4.78 is 52.2. The number of alkyl halides is 3. The summed E-state index contributed by atoms with van der Waals surface area (Å²) in [5.41, 5.74) is 5.73. The van der Waals surface area contributed by atoms with Gasteiger partial charge in [0.1, 0.15) is 11.3 Å². The lowest BCUT2D eigenvalue weighted by molar-refractivity contribution is -0.199. The number of benzene rings is 2. The molecule has 0 fully saturated rings. The lowest BCUT2D eigenvalue weighted by Crippen LogP contribution is -2.35. The van der Waals surface area contributed by atoms with Gasteiger partial charge in [0.2, 0.25) is 0 Å². The molecule has 0 aliphatic rings. The van der Waals surface area contributed by atoms with Crippen LogP contribution in [0.4, 0.5) is 33.7 Å². The predicted molar refractivity (Wildman–Crippen MR) is 125 cm³/mol. The van der Waals surface area contributed by atoms with Crippen LogP contribution in [0.25, 0.3) is 22.0 Å². The molecule has 0 atom stereocenters. The molecule has 4 rings (SSSR count). The van der Waals surface area contributed by atoms with Gasteiger partial charge in [-0.15, -0.1) is 0 Å². The number of aromatic nitrogens is 2. The van der Waals surface area contributed by atoms with Crippen molar-refractivity contribution in [3.8, 4) is 11.1 Å². The Bertz CT molecular complexity index is 1540. The van der Waals surface area contributed by atoms with E-state index in [1.54, 1.807) is 0 Å². The van der Waals surface area contributed by atoms with Crippen LogP contribution in [0, 0.1) is 5.82 Å². The average Bonchev–Trinajstić information content (AvgIpc) is 3.16. The maximum atomic E-state index is 13.3. The summed E-state index contributed by atoms with van der Waals surface area (Å²) in [4.78, 5) is 44.3. The van der Waals surface area contributed by atoms with Gasteiger partial charge in [-0.05, 0) is 42.0 Å². The molecule has 2 aromatic carbocycles. The fourth-order valence-corrected chi connectivity index (χ4v) is 3.62. The van der Waals surface area contributed by atoms with E-state index < -0.39 is 35.6 Å². The number of anilines is 2. The highest BCUT2D eigenvalue weighted by molar-refractivity contribution is 6.31. The number of hydrogen-bond acceptors (Lipinski definition) is 5. The Morgan fingerprint density at radius 1 is 1.00 bits per heavy atom. The van der Waals surface area contributed by atoms with E-state index in [-0.39, 0.29) is 27.2 Å². The van der Waals surface area contributed by atoms with Crippen molar-refractivity contribution < 1.29 is 36.8 Å². The van der Waals surface area contributed by atoms with Crippen LogP contribution in [0.1, 0.15) is 10.5 Å². The number of nitrogens with two attached hydrogens (primary N) is 1. The van der Waals surface area contributed by atoms with Crippen molar-refractivity contribution >= 4 is 51.8 Å². The highest BCUT2D eigenvalue weighted by atomic mass is 35.5. The number of nitrogens with zero attached hydrogens (tertiary/aromatic N) is 2. The van der Waals surface area contributed by atoms with Gasteiger partial charge in [0.15, 0.2) is 5.69 Å². The summed E-state index contributed by atoms with van der Waals surface area (Å²) in [6.45, 7) is 0. The van der Waals surface area contributed by atoms with Crippen LogP contribution in [-0.4, -0.2) is 33.8 Å². The molecule has 190 valence electrons. The minimum absolute atomic E-state index is 0.0804. The smallest absolute Gasteiger partial charge is 0.364 e. The quantitative estimate of drug-likeness (QED) is 0.318. The minimum atomic E-state index is -5.33. The Hall–Kier alpha value is -4.65. The van der Waals surface area contributed by atoms with Crippen molar-refractivity contribution in [1.29, 1.82) is 0 Å². The number of halogens is 5. The molecule has 0 radical (unpaired) electrons. The number of primary amides is 1. The summed E-state index contributed by atoms with van der Waals surface area (Å²) in [6, 6.07) is 10.2. The van der Waals surface area contributed by atoms with Crippen molar-refractivity contribution in [3.63, 3.8) is 0 Å². The van der Waals surface area contributed by atoms with E-state index in [2.05, 4.69) is 20.5 Å². The zero-order chi connectivity index (χ0) is 26.9. The van der Waals surface area contributed by atoms with Crippen molar-refractivity contribution in [2.24, 2.45) is 5.73 Å². The third-order valence-corrected chi connectivity index (χ3v) is 5.27. The standard InChI is InChI=1S/C23H14ClF4N5O4/c24-15-9-13(5-6-16(15)25)32-22(36)31-12-3-1-11(2-4-12)18-14-7-8-30-10-17(14)33(19(18)20(29)34)37-21(35)23(26,27)28/h1-10H,(H2,29,34)(H2,31,32,36). The van der Waals surface area contributed by atoms with E-state index in [9.17, 15) is 31.9 Å². The second kappa shape index (κ2) is 9.78. The van der Waals surface area contributed by atoms with Gasteiger partial charge in [0.25, 0.3) is 5.91 Å². The molecule has 0 saturated carbocycles. The van der Waals surface area contributed by atoms with Gasteiger partial charge in [0, 0.05) is 28.5 Å². The van der Waals surface area contributed by atoms with Crippen LogP contribution in [0.3, 0.4) is 0 Å². The molecule has 14 heteroatoms. The van der Waals surface area contributed by atoms with E-state index in [1.165, 1.54) is 48.7 Å². The van der Waals surface area contributed by atoms with Crippen LogP contribution in [0.2, 0.25) is 5.02 Å². The van der Waals surface area contributed by atoms with Crippen LogP contribution in [0.5, 0.6) is 0 Å². The van der Waals surface area contributed by atoms with Crippen LogP contribution >= 0.6 is 11.6 Å². The molecule has 4 N–H and O–H groups in total. The number of hydrogen-bond donors (Lipinski definition) is 3. The second-order valence-electron chi connectivity index (χ2n) is 7.44. The zero-order valence-corrected chi connectivity index (χ0v) is 19.0. The Morgan fingerprint density at radius 3 is 2.27 bits per heavy atom. The summed E-state index contributed by atoms with van der Waals surface area (Å²) in [6.07, 6.45) is -2.90.